The van der Waals surface area contributed by atoms with E-state index in [1.54, 1.807) is 0 Å². The smallest absolute Gasteiger partial charge is 0.339 e. The van der Waals surface area contributed by atoms with Gasteiger partial charge in [0.2, 0.25) is 9.90 Å². The van der Waals surface area contributed by atoms with Gasteiger partial charge in [0.25, 0.3) is 5.79 Å². The molecule has 2 N–H and O–H groups in total. The van der Waals surface area contributed by atoms with Gasteiger partial charge >= 0.3 is 23.9 Å². The second kappa shape index (κ2) is 9.43. The molecule has 1 heterocycles. The van der Waals surface area contributed by atoms with E-state index in [2.05, 4.69) is 4.74 Å². The third-order valence-electron chi connectivity index (χ3n) is 3.59. The molecule has 0 amide bonds. The molecule has 1 saturated heterocycles. The monoisotopic (exact) mass is 477 g/mol. The molecule has 11 nitrogen and oxygen atoms in total. The maximum atomic E-state index is 12.2. The summed E-state index contributed by atoms with van der Waals surface area (Å²) in [5.74, 6) is -7.20. The van der Waals surface area contributed by atoms with Gasteiger partial charge < -0.3 is 28.8 Å². The zero-order chi connectivity index (χ0) is 22.7. The average Bonchev–Trinajstić information content (AvgIpc) is 2.57. The summed E-state index contributed by atoms with van der Waals surface area (Å²) in [4.78, 5) is 47.0. The molecule has 14 heteroatoms. The number of aliphatic hydroxyl groups is 1. The number of ether oxygens (including phenoxy) is 5. The lowest BCUT2D eigenvalue weighted by Crippen LogP contribution is -2.72. The minimum absolute atomic E-state index is 0.928. The van der Waals surface area contributed by atoms with Crippen molar-refractivity contribution in [3.8, 4) is 0 Å². The largest absolute Gasteiger partial charge is 0.467 e. The number of carbonyl (C=O) groups is 4. The summed E-state index contributed by atoms with van der Waals surface area (Å²) >= 11 is 17.0. The van der Waals surface area contributed by atoms with Gasteiger partial charge in [0.05, 0.1) is 7.11 Å². The first-order valence-corrected chi connectivity index (χ1v) is 8.94. The van der Waals surface area contributed by atoms with Crippen LogP contribution in [0.4, 0.5) is 0 Å². The molecule has 1 rings (SSSR count). The molecular formula is C15H18Cl3NO10. The van der Waals surface area contributed by atoms with Gasteiger partial charge in [-0.2, -0.15) is 0 Å². The van der Waals surface area contributed by atoms with E-state index in [0.717, 1.165) is 27.9 Å². The fraction of sp³-hybridized carbons (Fsp3) is 0.667. The van der Waals surface area contributed by atoms with E-state index >= 15 is 0 Å². The third kappa shape index (κ3) is 5.92. The van der Waals surface area contributed by atoms with E-state index in [-0.39, 0.29) is 0 Å². The van der Waals surface area contributed by atoms with Crippen molar-refractivity contribution < 1.29 is 48.0 Å². The summed E-state index contributed by atoms with van der Waals surface area (Å²) in [6.45, 7) is 2.86. The molecule has 1 aliphatic heterocycles. The van der Waals surface area contributed by atoms with Crippen LogP contribution >= 0.6 is 34.8 Å². The fourth-order valence-electron chi connectivity index (χ4n) is 2.56. The Hall–Kier alpha value is -1.66. The lowest BCUT2D eigenvalue weighted by atomic mass is 9.89. The van der Waals surface area contributed by atoms with E-state index in [1.807, 2.05) is 0 Å². The molecule has 5 atom stereocenters. The topological polar surface area (TPSA) is 159 Å². The van der Waals surface area contributed by atoms with Crippen molar-refractivity contribution in [2.45, 2.75) is 54.8 Å². The first-order chi connectivity index (χ1) is 13.1. The zero-order valence-corrected chi connectivity index (χ0v) is 17.8. The van der Waals surface area contributed by atoms with Crippen LogP contribution in [-0.2, 0) is 42.9 Å². The molecule has 0 unspecified atom stereocenters. The van der Waals surface area contributed by atoms with E-state index < -0.39 is 63.6 Å². The summed E-state index contributed by atoms with van der Waals surface area (Å²) < 4.78 is 22.2. The number of hydrogen-bond acceptors (Lipinski definition) is 11. The molecule has 0 aromatic heterocycles. The summed E-state index contributed by atoms with van der Waals surface area (Å²) in [5.41, 5.74) is -1.17. The van der Waals surface area contributed by atoms with Crippen molar-refractivity contribution in [1.29, 1.82) is 5.41 Å². The zero-order valence-electron chi connectivity index (χ0n) is 15.6. The van der Waals surface area contributed by atoms with Crippen LogP contribution in [-0.4, -0.2) is 75.8 Å². The predicted molar refractivity (Wildman–Crippen MR) is 96.5 cm³/mol. The molecule has 0 saturated carbocycles. The number of nitrogens with one attached hydrogen (secondary N) is 1. The number of hydrogen-bond donors (Lipinski definition) is 2. The molecule has 0 radical (unpaired) electrons. The Morgan fingerprint density at radius 3 is 1.79 bits per heavy atom. The number of methoxy groups -OCH3 is 1. The highest BCUT2D eigenvalue weighted by Crippen LogP contribution is 2.41. The minimum atomic E-state index is -3.08. The molecule has 1 fully saturated rings. The van der Waals surface area contributed by atoms with Crippen LogP contribution in [0.15, 0.2) is 0 Å². The Labute approximate surface area is 179 Å². The average molecular weight is 479 g/mol. The fourth-order valence-corrected chi connectivity index (χ4v) is 2.97. The van der Waals surface area contributed by atoms with Crippen molar-refractivity contribution >= 4 is 64.4 Å². The molecule has 0 aromatic rings. The van der Waals surface area contributed by atoms with E-state index in [4.69, 9.17) is 59.2 Å². The molecular weight excluding hydrogens is 461 g/mol. The summed E-state index contributed by atoms with van der Waals surface area (Å²) in [7, 11) is 0.953. The van der Waals surface area contributed by atoms with Crippen molar-refractivity contribution in [2.75, 3.05) is 7.11 Å². The number of esters is 4. The van der Waals surface area contributed by atoms with Gasteiger partial charge in [-0.1, -0.05) is 34.8 Å². The van der Waals surface area contributed by atoms with Crippen LogP contribution in [0, 0.1) is 5.41 Å². The maximum Gasteiger partial charge on any atom is 0.339 e. The Kier molecular flexibility index (Phi) is 8.26. The van der Waals surface area contributed by atoms with Gasteiger partial charge in [0.1, 0.15) is 5.71 Å². The van der Waals surface area contributed by atoms with Gasteiger partial charge in [-0.05, 0) is 0 Å². The van der Waals surface area contributed by atoms with Gasteiger partial charge in [-0.15, -0.1) is 0 Å². The Balaban J connectivity index is 3.69. The SMILES string of the molecule is COC(=O)[C@H]1O[C@@](O)(C(=N)C(Cl)(Cl)Cl)[C@H](OC(C)=O)[C@@H](OC(C)=O)[C@@H]1OC(C)=O. The lowest BCUT2D eigenvalue weighted by molar-refractivity contribution is -0.316. The Bertz CT molecular complexity index is 709. The predicted octanol–water partition coefficient (Wildman–Crippen LogP) is 0.432. The third-order valence-corrected chi connectivity index (χ3v) is 4.15. The van der Waals surface area contributed by atoms with Crippen molar-refractivity contribution in [3.63, 3.8) is 0 Å². The van der Waals surface area contributed by atoms with Gasteiger partial charge in [-0.3, -0.25) is 19.8 Å². The molecule has 164 valence electrons. The van der Waals surface area contributed by atoms with Crippen LogP contribution in [0.5, 0.6) is 0 Å². The normalized spacial score (nSPS) is 29.4. The molecule has 0 bridgehead atoms. The minimum Gasteiger partial charge on any atom is -0.467 e. The molecule has 29 heavy (non-hydrogen) atoms. The number of rotatable bonds is 5. The Morgan fingerprint density at radius 2 is 1.41 bits per heavy atom. The second-order valence-electron chi connectivity index (χ2n) is 5.81. The first kappa shape index (κ1) is 25.4. The van der Waals surface area contributed by atoms with Crippen molar-refractivity contribution in [1.82, 2.24) is 0 Å². The highest BCUT2D eigenvalue weighted by Gasteiger charge is 2.65. The number of halogens is 3. The molecule has 0 spiro atoms. The van der Waals surface area contributed by atoms with E-state index in [0.29, 0.717) is 0 Å². The first-order valence-electron chi connectivity index (χ1n) is 7.81. The van der Waals surface area contributed by atoms with Gasteiger partial charge in [-0.25, -0.2) is 4.79 Å². The maximum absolute atomic E-state index is 12.2. The highest BCUT2D eigenvalue weighted by molar-refractivity contribution is 6.77. The summed E-state index contributed by atoms with van der Waals surface area (Å²) in [6, 6.07) is 0. The molecule has 0 aliphatic carbocycles. The van der Waals surface area contributed by atoms with Crippen LogP contribution in [0.3, 0.4) is 0 Å². The van der Waals surface area contributed by atoms with Crippen LogP contribution in [0.1, 0.15) is 20.8 Å². The number of alkyl halides is 3. The molecule has 1 aliphatic rings. The van der Waals surface area contributed by atoms with E-state index in [9.17, 15) is 24.3 Å². The van der Waals surface area contributed by atoms with Crippen molar-refractivity contribution in [2.24, 2.45) is 0 Å². The summed E-state index contributed by atoms with van der Waals surface area (Å²) in [5, 5.41) is 19.0. The van der Waals surface area contributed by atoms with Crippen LogP contribution < -0.4 is 0 Å². The van der Waals surface area contributed by atoms with Gasteiger partial charge in [0, 0.05) is 20.8 Å². The molecule has 0 aromatic carbocycles. The highest BCUT2D eigenvalue weighted by atomic mass is 35.6. The summed E-state index contributed by atoms with van der Waals surface area (Å²) in [6.07, 6.45) is -7.58. The lowest BCUT2D eigenvalue weighted by Gasteiger charge is -2.48. The van der Waals surface area contributed by atoms with Crippen LogP contribution in [0.2, 0.25) is 0 Å². The number of carbonyl (C=O) groups excluding carboxylic acids is 4. The van der Waals surface area contributed by atoms with Crippen molar-refractivity contribution in [3.05, 3.63) is 0 Å². The van der Waals surface area contributed by atoms with E-state index in [1.165, 1.54) is 0 Å². The Morgan fingerprint density at radius 1 is 0.966 bits per heavy atom. The quantitative estimate of drug-likeness (QED) is 0.245. The standard InChI is InChI=1S/C15H18Cl3NO10/c1-5(20)26-8-9(27-6(2)21)11(28-7(3)22)14(24,13(19)15(16,17)18)29-10(8)12(23)25-4/h8-11,19,24H,1-4H3/t8-,9-,10-,11+,14+/m0/s1. The van der Waals surface area contributed by atoms with Crippen LogP contribution in [0.25, 0.3) is 0 Å². The van der Waals surface area contributed by atoms with Gasteiger partial charge in [0.15, 0.2) is 18.3 Å². The second-order valence-corrected chi connectivity index (χ2v) is 8.09.